The molecular weight excluding hydrogens is 335 g/mol. The first kappa shape index (κ1) is 15.9. The summed E-state index contributed by atoms with van der Waals surface area (Å²) in [7, 11) is 0. The Balaban J connectivity index is 2.06. The molecule has 3 rings (SSSR count). The first-order valence-electron chi connectivity index (χ1n) is 6.49. The maximum Gasteiger partial charge on any atom is 0.442 e. The summed E-state index contributed by atoms with van der Waals surface area (Å²) < 4.78 is 70.3. The summed E-state index contributed by atoms with van der Waals surface area (Å²) in [6, 6.07) is 6.52. The Hall–Kier alpha value is -2.97. The number of aromatic nitrogens is 2. The van der Waals surface area contributed by atoms with Gasteiger partial charge in [-0.3, -0.25) is 0 Å². The Morgan fingerprint density at radius 2 is 1.54 bits per heavy atom. The van der Waals surface area contributed by atoms with Crippen molar-refractivity contribution in [3.05, 3.63) is 70.2 Å². The van der Waals surface area contributed by atoms with Crippen molar-refractivity contribution in [2.75, 3.05) is 0 Å². The lowest BCUT2D eigenvalue weighted by molar-refractivity contribution is -0.137. The van der Waals surface area contributed by atoms with Gasteiger partial charge in [-0.25, -0.2) is 13.6 Å². The van der Waals surface area contributed by atoms with E-state index in [9.17, 15) is 26.7 Å². The molecule has 0 N–H and O–H groups in total. The van der Waals surface area contributed by atoms with Gasteiger partial charge in [-0.15, -0.1) is 5.10 Å². The minimum Gasteiger partial charge on any atom is -0.387 e. The lowest BCUT2D eigenvalue weighted by Gasteiger charge is -2.06. The van der Waals surface area contributed by atoms with E-state index in [0.29, 0.717) is 4.68 Å². The summed E-state index contributed by atoms with van der Waals surface area (Å²) >= 11 is 0. The molecule has 0 bridgehead atoms. The average Bonchev–Trinajstić information content (AvgIpc) is 2.88. The topological polar surface area (TPSA) is 48.0 Å². The second kappa shape index (κ2) is 5.59. The van der Waals surface area contributed by atoms with Crippen molar-refractivity contribution >= 4 is 0 Å². The molecule has 0 saturated carbocycles. The second-order valence-corrected chi connectivity index (χ2v) is 4.73. The SMILES string of the molecule is O=c1oc(-c2c(F)cccc2F)nn1-c1ccc(C(F)(F)F)cc1. The quantitative estimate of drug-likeness (QED) is 0.666. The number of hydrogen-bond acceptors (Lipinski definition) is 3. The van der Waals surface area contributed by atoms with Crippen molar-refractivity contribution in [3.8, 4) is 17.1 Å². The lowest BCUT2D eigenvalue weighted by Crippen LogP contribution is -2.14. The van der Waals surface area contributed by atoms with E-state index in [1.807, 2.05) is 0 Å². The molecule has 0 radical (unpaired) electrons. The first-order valence-corrected chi connectivity index (χ1v) is 6.49. The Bertz CT molecular complexity index is 921. The molecule has 0 amide bonds. The predicted octanol–water partition coefficient (Wildman–Crippen LogP) is 3.79. The molecule has 4 nitrogen and oxygen atoms in total. The molecule has 0 aliphatic rings. The highest BCUT2D eigenvalue weighted by Crippen LogP contribution is 2.29. The van der Waals surface area contributed by atoms with Gasteiger partial charge in [-0.05, 0) is 36.4 Å². The molecule has 0 saturated heterocycles. The van der Waals surface area contributed by atoms with Crippen molar-refractivity contribution in [3.63, 3.8) is 0 Å². The fourth-order valence-corrected chi connectivity index (χ4v) is 2.04. The van der Waals surface area contributed by atoms with Gasteiger partial charge in [-0.1, -0.05) is 6.07 Å². The van der Waals surface area contributed by atoms with E-state index in [-0.39, 0.29) is 5.69 Å². The second-order valence-electron chi connectivity index (χ2n) is 4.73. The van der Waals surface area contributed by atoms with Crippen molar-refractivity contribution in [1.29, 1.82) is 0 Å². The van der Waals surface area contributed by atoms with Gasteiger partial charge >= 0.3 is 11.9 Å². The number of rotatable bonds is 2. The van der Waals surface area contributed by atoms with Crippen LogP contribution in [0.1, 0.15) is 5.56 Å². The molecule has 124 valence electrons. The average molecular weight is 342 g/mol. The van der Waals surface area contributed by atoms with Gasteiger partial charge < -0.3 is 4.42 Å². The Morgan fingerprint density at radius 1 is 0.958 bits per heavy atom. The van der Waals surface area contributed by atoms with Gasteiger partial charge in [0, 0.05) is 0 Å². The van der Waals surface area contributed by atoms with E-state index in [1.165, 1.54) is 0 Å². The Morgan fingerprint density at radius 3 is 2.08 bits per heavy atom. The van der Waals surface area contributed by atoms with Crippen LogP contribution in [0.3, 0.4) is 0 Å². The zero-order valence-corrected chi connectivity index (χ0v) is 11.6. The third-order valence-corrected chi connectivity index (χ3v) is 3.16. The van der Waals surface area contributed by atoms with Crippen molar-refractivity contribution in [2.45, 2.75) is 6.18 Å². The van der Waals surface area contributed by atoms with E-state index >= 15 is 0 Å². The van der Waals surface area contributed by atoms with Gasteiger partial charge in [0.25, 0.3) is 5.89 Å². The fourth-order valence-electron chi connectivity index (χ4n) is 2.04. The molecule has 24 heavy (non-hydrogen) atoms. The molecule has 0 spiro atoms. The van der Waals surface area contributed by atoms with Gasteiger partial charge in [0.15, 0.2) is 0 Å². The number of nitrogens with zero attached hydrogens (tertiary/aromatic N) is 2. The molecular formula is C15H7F5N2O2. The van der Waals surface area contributed by atoms with Crippen LogP contribution in [0, 0.1) is 11.6 Å². The van der Waals surface area contributed by atoms with E-state index in [4.69, 9.17) is 4.42 Å². The molecule has 0 aliphatic heterocycles. The lowest BCUT2D eigenvalue weighted by atomic mass is 10.2. The maximum absolute atomic E-state index is 13.7. The zero-order valence-electron chi connectivity index (χ0n) is 11.6. The van der Waals surface area contributed by atoms with E-state index in [2.05, 4.69) is 5.10 Å². The standard InChI is InChI=1S/C15H7F5N2O2/c16-10-2-1-3-11(17)12(10)13-21-22(14(23)24-13)9-6-4-8(5-7-9)15(18,19)20/h1-7H. The highest BCUT2D eigenvalue weighted by Gasteiger charge is 2.30. The molecule has 1 aromatic heterocycles. The van der Waals surface area contributed by atoms with Gasteiger partial charge in [0.05, 0.1) is 11.3 Å². The molecule has 0 fully saturated rings. The molecule has 0 unspecified atom stereocenters. The largest absolute Gasteiger partial charge is 0.442 e. The molecule has 9 heteroatoms. The monoisotopic (exact) mass is 342 g/mol. The summed E-state index contributed by atoms with van der Waals surface area (Å²) in [4.78, 5) is 11.8. The zero-order chi connectivity index (χ0) is 17.5. The summed E-state index contributed by atoms with van der Waals surface area (Å²) in [5, 5.41) is 3.64. The first-order chi connectivity index (χ1) is 11.3. The summed E-state index contributed by atoms with van der Waals surface area (Å²) in [6.45, 7) is 0. The van der Waals surface area contributed by atoms with E-state index < -0.39 is 40.6 Å². The number of alkyl halides is 3. The Labute approximate surface area is 130 Å². The van der Waals surface area contributed by atoms with Crippen LogP contribution >= 0.6 is 0 Å². The van der Waals surface area contributed by atoms with E-state index in [1.54, 1.807) is 0 Å². The van der Waals surface area contributed by atoms with Gasteiger partial charge in [0.2, 0.25) is 0 Å². The summed E-state index contributed by atoms with van der Waals surface area (Å²) in [6.07, 6.45) is -4.53. The number of hydrogen-bond donors (Lipinski definition) is 0. The number of halogens is 5. The third-order valence-electron chi connectivity index (χ3n) is 3.16. The molecule has 1 heterocycles. The highest BCUT2D eigenvalue weighted by atomic mass is 19.4. The minimum atomic E-state index is -4.53. The van der Waals surface area contributed by atoms with Crippen molar-refractivity contribution < 1.29 is 26.4 Å². The van der Waals surface area contributed by atoms with Crippen LogP contribution in [0.2, 0.25) is 0 Å². The van der Waals surface area contributed by atoms with Crippen LogP contribution in [-0.2, 0) is 6.18 Å². The summed E-state index contributed by atoms with van der Waals surface area (Å²) in [5.74, 6) is -3.69. The van der Waals surface area contributed by atoms with Crippen LogP contribution in [0.25, 0.3) is 17.1 Å². The summed E-state index contributed by atoms with van der Waals surface area (Å²) in [5.41, 5.74) is -1.59. The Kier molecular flexibility index (Phi) is 3.70. The van der Waals surface area contributed by atoms with E-state index in [0.717, 1.165) is 42.5 Å². The molecule has 2 aromatic carbocycles. The van der Waals surface area contributed by atoms with Gasteiger partial charge in [-0.2, -0.15) is 17.9 Å². The normalized spacial score (nSPS) is 11.7. The van der Waals surface area contributed by atoms with Gasteiger partial charge in [0.1, 0.15) is 17.2 Å². The molecule has 3 aromatic rings. The smallest absolute Gasteiger partial charge is 0.387 e. The van der Waals surface area contributed by atoms with Crippen LogP contribution in [0.5, 0.6) is 0 Å². The van der Waals surface area contributed by atoms with Crippen LogP contribution in [0.4, 0.5) is 22.0 Å². The number of benzene rings is 2. The predicted molar refractivity (Wildman–Crippen MR) is 72.5 cm³/mol. The van der Waals surface area contributed by atoms with Crippen LogP contribution < -0.4 is 5.76 Å². The molecule has 0 aliphatic carbocycles. The fraction of sp³-hybridized carbons (Fsp3) is 0.0667. The highest BCUT2D eigenvalue weighted by molar-refractivity contribution is 5.54. The van der Waals surface area contributed by atoms with Crippen molar-refractivity contribution in [2.24, 2.45) is 0 Å². The van der Waals surface area contributed by atoms with Crippen LogP contribution in [0.15, 0.2) is 51.7 Å². The minimum absolute atomic E-state index is 0.0419. The van der Waals surface area contributed by atoms with Crippen molar-refractivity contribution in [1.82, 2.24) is 9.78 Å². The third kappa shape index (κ3) is 2.80. The van der Waals surface area contributed by atoms with Crippen LogP contribution in [-0.4, -0.2) is 9.78 Å². The maximum atomic E-state index is 13.7. The molecule has 0 atom stereocenters.